The molecule has 4 aromatic rings. The average molecular weight is 424 g/mol. The summed E-state index contributed by atoms with van der Waals surface area (Å²) < 4.78 is 5.73. The number of hydrogen-bond acceptors (Lipinski definition) is 2. The molecule has 0 radical (unpaired) electrons. The largest absolute Gasteiger partial charge is 0.477 e. The second-order valence-electron chi connectivity index (χ2n) is 6.45. The Labute approximate surface area is 164 Å². The Kier molecular flexibility index (Phi) is 4.40. The molecule has 1 heterocycles. The standard InChI is InChI=1S/C22H18BrNO3/c1-2-22(23,27-20-9-5-7-14-6-3-4-8-17(14)20)16-10-11-18-15(12-16)13-19(24-18)21(25)26/h3-13,24H,2H2,1H3,(H,25,26). The van der Waals surface area contributed by atoms with Crippen LogP contribution in [0.4, 0.5) is 0 Å². The molecule has 0 saturated heterocycles. The van der Waals surface area contributed by atoms with Gasteiger partial charge in [-0.25, -0.2) is 4.79 Å². The van der Waals surface area contributed by atoms with Crippen molar-refractivity contribution >= 4 is 43.6 Å². The van der Waals surface area contributed by atoms with Gasteiger partial charge in [0.15, 0.2) is 4.51 Å². The molecule has 5 heteroatoms. The molecule has 0 spiro atoms. The van der Waals surface area contributed by atoms with Gasteiger partial charge < -0.3 is 14.8 Å². The van der Waals surface area contributed by atoms with Gasteiger partial charge in [-0.05, 0) is 52.0 Å². The lowest BCUT2D eigenvalue weighted by molar-refractivity contribution is 0.0691. The SMILES string of the molecule is CCC(Br)(Oc1cccc2ccccc12)c1ccc2[nH]c(C(=O)O)cc2c1. The van der Waals surface area contributed by atoms with Crippen LogP contribution in [0.3, 0.4) is 0 Å². The van der Waals surface area contributed by atoms with Gasteiger partial charge in [0, 0.05) is 21.9 Å². The van der Waals surface area contributed by atoms with E-state index < -0.39 is 10.5 Å². The number of nitrogens with one attached hydrogen (secondary N) is 1. The summed E-state index contributed by atoms with van der Waals surface area (Å²) in [5.74, 6) is -0.174. The fourth-order valence-corrected chi connectivity index (χ4v) is 3.70. The molecule has 4 rings (SSSR count). The first kappa shape index (κ1) is 17.6. The van der Waals surface area contributed by atoms with Crippen molar-refractivity contribution in [3.63, 3.8) is 0 Å². The van der Waals surface area contributed by atoms with Crippen LogP contribution < -0.4 is 4.74 Å². The smallest absolute Gasteiger partial charge is 0.352 e. The van der Waals surface area contributed by atoms with Crippen molar-refractivity contribution in [3.8, 4) is 5.75 Å². The predicted octanol–water partition coefficient (Wildman–Crippen LogP) is 6.06. The third-order valence-electron chi connectivity index (χ3n) is 4.76. The monoisotopic (exact) mass is 423 g/mol. The summed E-state index contributed by atoms with van der Waals surface area (Å²) in [7, 11) is 0. The van der Waals surface area contributed by atoms with E-state index in [-0.39, 0.29) is 5.69 Å². The number of aromatic carboxylic acids is 1. The zero-order valence-electron chi connectivity index (χ0n) is 14.7. The Morgan fingerprint density at radius 1 is 1.07 bits per heavy atom. The number of halogens is 1. The molecule has 4 nitrogen and oxygen atoms in total. The summed E-state index contributed by atoms with van der Waals surface area (Å²) in [4.78, 5) is 14.1. The van der Waals surface area contributed by atoms with E-state index in [0.717, 1.165) is 33.0 Å². The molecule has 0 fully saturated rings. The fraction of sp³-hybridized carbons (Fsp3) is 0.136. The van der Waals surface area contributed by atoms with Crippen LogP contribution in [0.1, 0.15) is 29.4 Å². The maximum Gasteiger partial charge on any atom is 0.352 e. The summed E-state index contributed by atoms with van der Waals surface area (Å²) in [6.07, 6.45) is 0.692. The summed E-state index contributed by atoms with van der Waals surface area (Å²) in [5.41, 5.74) is 1.89. The topological polar surface area (TPSA) is 62.3 Å². The summed E-state index contributed by atoms with van der Waals surface area (Å²) >= 11 is 3.79. The van der Waals surface area contributed by atoms with Crippen molar-refractivity contribution < 1.29 is 14.6 Å². The van der Waals surface area contributed by atoms with Gasteiger partial charge in [0.1, 0.15) is 11.4 Å². The maximum atomic E-state index is 11.2. The van der Waals surface area contributed by atoms with Crippen LogP contribution >= 0.6 is 15.9 Å². The Morgan fingerprint density at radius 3 is 2.63 bits per heavy atom. The highest BCUT2D eigenvalue weighted by molar-refractivity contribution is 9.09. The Balaban J connectivity index is 1.77. The van der Waals surface area contributed by atoms with Crippen LogP contribution in [0, 0.1) is 0 Å². The average Bonchev–Trinajstić information content (AvgIpc) is 3.12. The van der Waals surface area contributed by atoms with E-state index in [1.807, 2.05) is 55.5 Å². The summed E-state index contributed by atoms with van der Waals surface area (Å²) in [6.45, 7) is 2.05. The van der Waals surface area contributed by atoms with E-state index in [1.165, 1.54) is 0 Å². The number of carboxylic acids is 1. The minimum absolute atomic E-state index is 0.175. The molecule has 0 saturated carbocycles. The van der Waals surface area contributed by atoms with Crippen LogP contribution in [-0.4, -0.2) is 16.1 Å². The van der Waals surface area contributed by atoms with E-state index in [4.69, 9.17) is 4.74 Å². The molecule has 136 valence electrons. The first-order valence-corrected chi connectivity index (χ1v) is 9.52. The van der Waals surface area contributed by atoms with Crippen LogP contribution in [0.15, 0.2) is 66.7 Å². The highest BCUT2D eigenvalue weighted by Gasteiger charge is 2.30. The zero-order chi connectivity index (χ0) is 19.0. The van der Waals surface area contributed by atoms with Gasteiger partial charge in [0.25, 0.3) is 0 Å². The van der Waals surface area contributed by atoms with Crippen molar-refractivity contribution in [1.82, 2.24) is 4.98 Å². The third kappa shape index (κ3) is 3.19. The maximum absolute atomic E-state index is 11.2. The first-order valence-electron chi connectivity index (χ1n) is 8.72. The van der Waals surface area contributed by atoms with Crippen LogP contribution in [0.2, 0.25) is 0 Å². The van der Waals surface area contributed by atoms with Crippen molar-refractivity contribution in [2.45, 2.75) is 17.9 Å². The number of rotatable bonds is 5. The summed E-state index contributed by atoms with van der Waals surface area (Å²) in [5, 5.41) is 12.2. The quantitative estimate of drug-likeness (QED) is 0.383. The van der Waals surface area contributed by atoms with Gasteiger partial charge in [0.2, 0.25) is 0 Å². The number of aromatic amines is 1. The van der Waals surface area contributed by atoms with Crippen LogP contribution in [0.25, 0.3) is 21.7 Å². The van der Waals surface area contributed by atoms with E-state index in [9.17, 15) is 9.90 Å². The van der Waals surface area contributed by atoms with E-state index >= 15 is 0 Å². The highest BCUT2D eigenvalue weighted by atomic mass is 79.9. The lowest BCUT2D eigenvalue weighted by Gasteiger charge is -2.29. The molecular weight excluding hydrogens is 406 g/mol. The van der Waals surface area contributed by atoms with Crippen LogP contribution in [-0.2, 0) is 4.51 Å². The fourth-order valence-electron chi connectivity index (χ4n) is 3.27. The highest BCUT2D eigenvalue weighted by Crippen LogP contribution is 2.40. The van der Waals surface area contributed by atoms with Crippen molar-refractivity contribution in [2.75, 3.05) is 0 Å². The number of carbonyl (C=O) groups is 1. The molecule has 3 aromatic carbocycles. The molecule has 0 aliphatic heterocycles. The minimum Gasteiger partial charge on any atom is -0.477 e. The van der Waals surface area contributed by atoms with Gasteiger partial charge in [-0.3, -0.25) is 0 Å². The number of ether oxygens (including phenoxy) is 1. The van der Waals surface area contributed by atoms with Crippen LogP contribution in [0.5, 0.6) is 5.75 Å². The molecule has 27 heavy (non-hydrogen) atoms. The van der Waals surface area contributed by atoms with E-state index in [0.29, 0.717) is 6.42 Å². The zero-order valence-corrected chi connectivity index (χ0v) is 16.3. The Morgan fingerprint density at radius 2 is 1.85 bits per heavy atom. The molecule has 0 amide bonds. The number of hydrogen-bond donors (Lipinski definition) is 2. The molecule has 0 aliphatic rings. The van der Waals surface area contributed by atoms with Gasteiger partial charge in [-0.15, -0.1) is 0 Å². The van der Waals surface area contributed by atoms with Gasteiger partial charge in [-0.2, -0.15) is 0 Å². The van der Waals surface area contributed by atoms with Gasteiger partial charge >= 0.3 is 5.97 Å². The third-order valence-corrected chi connectivity index (χ3v) is 5.94. The molecule has 1 aromatic heterocycles. The number of fused-ring (bicyclic) bond motifs is 2. The number of alkyl halides is 1. The minimum atomic E-state index is -0.972. The van der Waals surface area contributed by atoms with Gasteiger partial charge in [-0.1, -0.05) is 49.4 Å². The molecule has 1 unspecified atom stereocenters. The number of H-pyrrole nitrogens is 1. The second-order valence-corrected chi connectivity index (χ2v) is 7.73. The van der Waals surface area contributed by atoms with Crippen molar-refractivity contribution in [1.29, 1.82) is 0 Å². The van der Waals surface area contributed by atoms with E-state index in [1.54, 1.807) is 6.07 Å². The second kappa shape index (κ2) is 6.74. The molecule has 0 aliphatic carbocycles. The van der Waals surface area contributed by atoms with Crippen molar-refractivity contribution in [3.05, 3.63) is 78.0 Å². The lowest BCUT2D eigenvalue weighted by atomic mass is 10.0. The molecule has 1 atom stereocenters. The molecule has 0 bridgehead atoms. The molecular formula is C22H18BrNO3. The van der Waals surface area contributed by atoms with E-state index in [2.05, 4.69) is 33.0 Å². The van der Waals surface area contributed by atoms with Crippen molar-refractivity contribution in [2.24, 2.45) is 0 Å². The number of carboxylic acid groups (broad SMARTS) is 1. The normalized spacial score (nSPS) is 13.6. The Bertz CT molecular complexity index is 1150. The molecule has 2 N–H and O–H groups in total. The van der Waals surface area contributed by atoms with Gasteiger partial charge in [0.05, 0.1) is 0 Å². The number of aromatic nitrogens is 1. The Hall–Kier alpha value is -2.79. The predicted molar refractivity (Wildman–Crippen MR) is 111 cm³/mol. The number of benzene rings is 3. The lowest BCUT2D eigenvalue weighted by Crippen LogP contribution is -2.25. The first-order chi connectivity index (χ1) is 13.0. The summed E-state index contributed by atoms with van der Waals surface area (Å²) in [6, 6.07) is 21.5.